The van der Waals surface area contributed by atoms with Crippen LogP contribution in [0.1, 0.15) is 46.1 Å². The average Bonchev–Trinajstić information content (AvgIpc) is 2.64. The highest BCUT2D eigenvalue weighted by atomic mass is 16.5. The van der Waals surface area contributed by atoms with Gasteiger partial charge in [0.15, 0.2) is 5.96 Å². The molecule has 0 spiro atoms. The van der Waals surface area contributed by atoms with Crippen molar-refractivity contribution in [1.82, 2.24) is 16.0 Å². The van der Waals surface area contributed by atoms with Crippen molar-refractivity contribution >= 4 is 11.9 Å². The Hall–Kier alpha value is -2.08. The quantitative estimate of drug-likeness (QED) is 0.527. The van der Waals surface area contributed by atoms with Crippen molar-refractivity contribution in [2.24, 2.45) is 4.99 Å². The normalized spacial score (nSPS) is 17.3. The van der Waals surface area contributed by atoms with E-state index in [-0.39, 0.29) is 23.4 Å². The molecule has 1 amide bonds. The number of nitrogens with zero attached hydrogens (tertiary/aromatic N) is 1. The number of aliphatic imine (C=N–C) groups is 1. The lowest BCUT2D eigenvalue weighted by Crippen LogP contribution is -2.48. The van der Waals surface area contributed by atoms with Gasteiger partial charge in [-0.2, -0.15) is 0 Å². The van der Waals surface area contributed by atoms with Gasteiger partial charge in [-0.25, -0.2) is 4.99 Å². The fourth-order valence-corrected chi connectivity index (χ4v) is 3.32. The van der Waals surface area contributed by atoms with Crippen LogP contribution >= 0.6 is 0 Å². The van der Waals surface area contributed by atoms with Gasteiger partial charge in [0.05, 0.1) is 0 Å². The van der Waals surface area contributed by atoms with Crippen LogP contribution in [0.15, 0.2) is 35.3 Å². The van der Waals surface area contributed by atoms with Crippen LogP contribution in [0.3, 0.4) is 0 Å². The number of ether oxygens (including phenoxy) is 1. The van der Waals surface area contributed by atoms with Crippen LogP contribution in [0.5, 0.6) is 0 Å². The zero-order chi connectivity index (χ0) is 19.8. The Kier molecular flexibility index (Phi) is 7.66. The van der Waals surface area contributed by atoms with Gasteiger partial charge in [0.2, 0.25) is 5.91 Å². The summed E-state index contributed by atoms with van der Waals surface area (Å²) in [7, 11) is 0. The molecule has 6 heteroatoms. The molecule has 0 saturated carbocycles. The number of amides is 1. The van der Waals surface area contributed by atoms with Crippen LogP contribution in [0, 0.1) is 0 Å². The van der Waals surface area contributed by atoms with Crippen molar-refractivity contribution in [3.63, 3.8) is 0 Å². The molecular weight excluding hydrogens is 340 g/mol. The Morgan fingerprint density at radius 1 is 1.15 bits per heavy atom. The zero-order valence-corrected chi connectivity index (χ0v) is 17.1. The van der Waals surface area contributed by atoms with E-state index in [4.69, 9.17) is 4.74 Å². The molecule has 3 N–H and O–H groups in total. The number of carbonyl (C=O) groups excluding carboxylic acids is 1. The maximum absolute atomic E-state index is 12.1. The van der Waals surface area contributed by atoms with E-state index < -0.39 is 0 Å². The standard InChI is InChI=1S/C21H34N4O2/c1-5-22-19(23-15-18(26)25-20(2,3)4)24-16-21(11-13-27-14-12-21)17-9-7-6-8-10-17/h6-10H,5,11-16H2,1-4H3,(H,25,26)(H2,22,23,24). The second-order valence-corrected chi connectivity index (χ2v) is 8.11. The summed E-state index contributed by atoms with van der Waals surface area (Å²) in [5.74, 6) is 0.590. The van der Waals surface area contributed by atoms with Crippen LogP contribution in [0.25, 0.3) is 0 Å². The molecule has 150 valence electrons. The lowest BCUT2D eigenvalue weighted by Gasteiger charge is -2.38. The van der Waals surface area contributed by atoms with Crippen molar-refractivity contribution in [2.75, 3.05) is 32.8 Å². The van der Waals surface area contributed by atoms with E-state index in [1.54, 1.807) is 0 Å². The van der Waals surface area contributed by atoms with Crippen LogP contribution in [-0.2, 0) is 14.9 Å². The first-order valence-electron chi connectivity index (χ1n) is 9.81. The largest absolute Gasteiger partial charge is 0.381 e. The molecule has 0 radical (unpaired) electrons. The van der Waals surface area contributed by atoms with Gasteiger partial charge in [-0.15, -0.1) is 0 Å². The topological polar surface area (TPSA) is 74.8 Å². The summed E-state index contributed by atoms with van der Waals surface area (Å²) in [6.45, 7) is 11.0. The summed E-state index contributed by atoms with van der Waals surface area (Å²) in [6.07, 6.45) is 1.93. The summed E-state index contributed by atoms with van der Waals surface area (Å²) >= 11 is 0. The van der Waals surface area contributed by atoms with Gasteiger partial charge in [-0.05, 0) is 46.1 Å². The number of nitrogens with one attached hydrogen (secondary N) is 3. The smallest absolute Gasteiger partial charge is 0.242 e. The minimum Gasteiger partial charge on any atom is -0.381 e. The van der Waals surface area contributed by atoms with Crippen molar-refractivity contribution in [3.05, 3.63) is 35.9 Å². The summed E-state index contributed by atoms with van der Waals surface area (Å²) in [5, 5.41) is 9.63. The molecule has 1 aliphatic heterocycles. The Balaban J connectivity index is 2.05. The van der Waals surface area contributed by atoms with Gasteiger partial charge in [0.1, 0.15) is 6.54 Å². The molecule has 0 aliphatic carbocycles. The lowest BCUT2D eigenvalue weighted by molar-refractivity contribution is -0.121. The number of guanidine groups is 1. The number of benzene rings is 1. The summed E-state index contributed by atoms with van der Waals surface area (Å²) in [5.41, 5.74) is 1.09. The Labute approximate surface area is 163 Å². The minimum atomic E-state index is -0.252. The summed E-state index contributed by atoms with van der Waals surface area (Å²) < 4.78 is 5.60. The summed E-state index contributed by atoms with van der Waals surface area (Å²) in [4.78, 5) is 16.5. The molecule has 1 aromatic carbocycles. The highest BCUT2D eigenvalue weighted by Gasteiger charge is 2.34. The van der Waals surface area contributed by atoms with Crippen molar-refractivity contribution < 1.29 is 9.53 Å². The Morgan fingerprint density at radius 2 is 1.81 bits per heavy atom. The van der Waals surface area contributed by atoms with Crippen LogP contribution < -0.4 is 16.0 Å². The molecule has 1 aromatic rings. The highest BCUT2D eigenvalue weighted by molar-refractivity contribution is 5.85. The fourth-order valence-electron chi connectivity index (χ4n) is 3.32. The van der Waals surface area contributed by atoms with E-state index in [1.807, 2.05) is 33.8 Å². The first-order valence-corrected chi connectivity index (χ1v) is 9.81. The lowest BCUT2D eigenvalue weighted by atomic mass is 9.74. The van der Waals surface area contributed by atoms with Gasteiger partial charge in [0.25, 0.3) is 0 Å². The first-order chi connectivity index (χ1) is 12.8. The molecule has 1 fully saturated rings. The van der Waals surface area contributed by atoms with Gasteiger partial charge in [-0.3, -0.25) is 4.79 Å². The third-order valence-corrected chi connectivity index (χ3v) is 4.67. The maximum Gasteiger partial charge on any atom is 0.242 e. The molecule has 27 heavy (non-hydrogen) atoms. The molecule has 2 rings (SSSR count). The summed E-state index contributed by atoms with van der Waals surface area (Å²) in [6, 6.07) is 10.6. The Bertz CT molecular complexity index is 617. The molecule has 0 unspecified atom stereocenters. The van der Waals surface area contributed by atoms with Gasteiger partial charge in [0, 0.05) is 37.3 Å². The fraction of sp³-hybridized carbons (Fsp3) is 0.619. The Morgan fingerprint density at radius 3 is 2.41 bits per heavy atom. The van der Waals surface area contributed by atoms with E-state index >= 15 is 0 Å². The van der Waals surface area contributed by atoms with Crippen LogP contribution in [0.2, 0.25) is 0 Å². The van der Waals surface area contributed by atoms with Crippen molar-refractivity contribution in [2.45, 2.75) is 51.5 Å². The molecule has 0 atom stereocenters. The molecule has 1 heterocycles. The molecule has 1 aliphatic rings. The van der Waals surface area contributed by atoms with E-state index in [0.29, 0.717) is 5.96 Å². The third kappa shape index (κ3) is 6.86. The van der Waals surface area contributed by atoms with E-state index in [1.165, 1.54) is 5.56 Å². The first kappa shape index (κ1) is 21.2. The maximum atomic E-state index is 12.1. The molecular formula is C21H34N4O2. The predicted octanol–water partition coefficient (Wildman–Crippen LogP) is 2.20. The van der Waals surface area contributed by atoms with Gasteiger partial charge < -0.3 is 20.7 Å². The minimum absolute atomic E-state index is 0.0172. The van der Waals surface area contributed by atoms with Gasteiger partial charge >= 0.3 is 0 Å². The van der Waals surface area contributed by atoms with Crippen molar-refractivity contribution in [1.29, 1.82) is 0 Å². The number of hydrogen-bond acceptors (Lipinski definition) is 3. The molecule has 1 saturated heterocycles. The molecule has 6 nitrogen and oxygen atoms in total. The van der Waals surface area contributed by atoms with Crippen LogP contribution in [0.4, 0.5) is 0 Å². The predicted molar refractivity (Wildman–Crippen MR) is 110 cm³/mol. The SMILES string of the molecule is CCNC(=NCC(=O)NC(C)(C)C)NCC1(c2ccccc2)CCOCC1. The van der Waals surface area contributed by atoms with E-state index in [9.17, 15) is 4.79 Å². The van der Waals surface area contributed by atoms with E-state index in [0.717, 1.165) is 39.1 Å². The third-order valence-electron chi connectivity index (χ3n) is 4.67. The second-order valence-electron chi connectivity index (χ2n) is 8.11. The zero-order valence-electron chi connectivity index (χ0n) is 17.1. The highest BCUT2D eigenvalue weighted by Crippen LogP contribution is 2.34. The van der Waals surface area contributed by atoms with Gasteiger partial charge in [-0.1, -0.05) is 30.3 Å². The monoisotopic (exact) mass is 374 g/mol. The van der Waals surface area contributed by atoms with E-state index in [2.05, 4.69) is 45.2 Å². The second kappa shape index (κ2) is 9.74. The van der Waals surface area contributed by atoms with Crippen molar-refractivity contribution in [3.8, 4) is 0 Å². The molecule has 0 bridgehead atoms. The number of carbonyl (C=O) groups is 1. The number of rotatable bonds is 6. The average molecular weight is 375 g/mol. The number of hydrogen-bond donors (Lipinski definition) is 3. The molecule has 0 aromatic heterocycles. The van der Waals surface area contributed by atoms with Crippen LogP contribution in [-0.4, -0.2) is 50.3 Å².